The van der Waals surface area contributed by atoms with Crippen LogP contribution in [0.3, 0.4) is 0 Å². The van der Waals surface area contributed by atoms with E-state index in [2.05, 4.69) is 5.32 Å². The molecule has 0 atom stereocenters. The summed E-state index contributed by atoms with van der Waals surface area (Å²) in [5.41, 5.74) is 0.838. The largest absolute Gasteiger partial charge is 0.484 e. The van der Waals surface area contributed by atoms with Crippen molar-refractivity contribution < 1.29 is 19.5 Å². The predicted octanol–water partition coefficient (Wildman–Crippen LogP) is 1.23. The van der Waals surface area contributed by atoms with Crippen molar-refractivity contribution in [2.75, 3.05) is 26.4 Å². The number of aliphatic hydroxyl groups is 1. The highest BCUT2D eigenvalue weighted by atomic mass is 16.6. The van der Waals surface area contributed by atoms with Crippen LogP contribution in [0.1, 0.15) is 18.4 Å². The van der Waals surface area contributed by atoms with Gasteiger partial charge < -0.3 is 19.9 Å². The van der Waals surface area contributed by atoms with Crippen molar-refractivity contribution in [1.82, 2.24) is 5.32 Å². The van der Waals surface area contributed by atoms with Gasteiger partial charge in [-0.05, 0) is 24.5 Å². The maximum Gasteiger partial charge on any atom is 0.311 e. The molecule has 0 aliphatic heterocycles. The molecule has 0 amide bonds. The van der Waals surface area contributed by atoms with Crippen LogP contribution in [-0.4, -0.2) is 42.5 Å². The van der Waals surface area contributed by atoms with Crippen LogP contribution in [0.2, 0.25) is 0 Å². The minimum Gasteiger partial charge on any atom is -0.484 e. The number of nitro benzene ring substituents is 1. The molecule has 0 spiro atoms. The van der Waals surface area contributed by atoms with E-state index >= 15 is 0 Å². The first-order valence-electron chi connectivity index (χ1n) is 7.03. The third kappa shape index (κ3) is 5.30. The number of nitrogens with one attached hydrogen (secondary N) is 1. The number of hydrogen-bond acceptors (Lipinski definition) is 6. The molecular formula is C14H20N2O5. The molecule has 1 aromatic rings. The van der Waals surface area contributed by atoms with Crippen molar-refractivity contribution >= 4 is 5.69 Å². The SMILES string of the molecule is O=[N+]([O-])c1cc(CNC2CC2)ccc1OCCOCCO. The standard InChI is InChI=1S/C14H20N2O5/c17-5-6-20-7-8-21-14-4-1-11(9-13(14)16(18)19)10-15-12-2-3-12/h1,4,9,12,15,17H,2-3,5-8,10H2. The molecule has 0 saturated heterocycles. The Labute approximate surface area is 123 Å². The normalized spacial score (nSPS) is 14.1. The Hall–Kier alpha value is -1.70. The molecule has 1 aliphatic carbocycles. The summed E-state index contributed by atoms with van der Waals surface area (Å²) in [7, 11) is 0. The molecule has 21 heavy (non-hydrogen) atoms. The smallest absolute Gasteiger partial charge is 0.311 e. The quantitative estimate of drug-likeness (QED) is 0.383. The van der Waals surface area contributed by atoms with Gasteiger partial charge in [-0.25, -0.2) is 0 Å². The van der Waals surface area contributed by atoms with Gasteiger partial charge in [-0.2, -0.15) is 0 Å². The van der Waals surface area contributed by atoms with Crippen molar-refractivity contribution in [3.8, 4) is 5.75 Å². The van der Waals surface area contributed by atoms with Crippen LogP contribution in [0.15, 0.2) is 18.2 Å². The molecular weight excluding hydrogens is 276 g/mol. The van der Waals surface area contributed by atoms with Crippen LogP contribution < -0.4 is 10.1 Å². The van der Waals surface area contributed by atoms with Gasteiger partial charge in [0.05, 0.1) is 24.7 Å². The zero-order valence-electron chi connectivity index (χ0n) is 11.8. The Morgan fingerprint density at radius 2 is 2.14 bits per heavy atom. The van der Waals surface area contributed by atoms with Gasteiger partial charge >= 0.3 is 5.69 Å². The molecule has 2 N–H and O–H groups in total. The van der Waals surface area contributed by atoms with Crippen molar-refractivity contribution in [2.24, 2.45) is 0 Å². The molecule has 1 aliphatic rings. The minimum absolute atomic E-state index is 0.0349. The fourth-order valence-corrected chi connectivity index (χ4v) is 1.86. The Kier molecular flexibility index (Phi) is 5.91. The lowest BCUT2D eigenvalue weighted by Gasteiger charge is -2.09. The first-order valence-corrected chi connectivity index (χ1v) is 7.03. The van der Waals surface area contributed by atoms with E-state index in [1.54, 1.807) is 12.1 Å². The van der Waals surface area contributed by atoms with Crippen LogP contribution in [0, 0.1) is 10.1 Å². The van der Waals surface area contributed by atoms with Crippen LogP contribution in [-0.2, 0) is 11.3 Å². The molecule has 1 aromatic carbocycles. The van der Waals surface area contributed by atoms with Gasteiger partial charge in [-0.1, -0.05) is 6.07 Å². The van der Waals surface area contributed by atoms with Gasteiger partial charge in [0.25, 0.3) is 0 Å². The van der Waals surface area contributed by atoms with E-state index in [1.165, 1.54) is 12.8 Å². The van der Waals surface area contributed by atoms with Gasteiger partial charge in [0, 0.05) is 18.7 Å². The van der Waals surface area contributed by atoms with Crippen molar-refractivity contribution in [3.05, 3.63) is 33.9 Å². The average Bonchev–Trinajstić information content (AvgIpc) is 3.29. The number of nitrogens with zero attached hydrogens (tertiary/aromatic N) is 1. The number of ether oxygens (including phenoxy) is 2. The number of hydrogen-bond donors (Lipinski definition) is 2. The van der Waals surface area contributed by atoms with Crippen LogP contribution in [0.5, 0.6) is 5.75 Å². The number of rotatable bonds is 10. The molecule has 7 heteroatoms. The van der Waals surface area contributed by atoms with Gasteiger partial charge in [0.1, 0.15) is 6.61 Å². The van der Waals surface area contributed by atoms with Crippen LogP contribution in [0.4, 0.5) is 5.69 Å². The number of nitro groups is 1. The number of benzene rings is 1. The van der Waals surface area contributed by atoms with E-state index < -0.39 is 4.92 Å². The lowest BCUT2D eigenvalue weighted by atomic mass is 10.2. The van der Waals surface area contributed by atoms with E-state index in [9.17, 15) is 10.1 Å². The average molecular weight is 296 g/mol. The Bertz CT molecular complexity index is 476. The zero-order chi connectivity index (χ0) is 15.1. The van der Waals surface area contributed by atoms with Crippen LogP contribution in [0.25, 0.3) is 0 Å². The highest BCUT2D eigenvalue weighted by Crippen LogP contribution is 2.28. The number of aliphatic hydroxyl groups excluding tert-OH is 1. The van der Waals surface area contributed by atoms with Crippen molar-refractivity contribution in [1.29, 1.82) is 0 Å². The van der Waals surface area contributed by atoms with Crippen molar-refractivity contribution in [3.63, 3.8) is 0 Å². The molecule has 0 aromatic heterocycles. The topological polar surface area (TPSA) is 93.9 Å². The Morgan fingerprint density at radius 3 is 2.81 bits per heavy atom. The molecule has 0 unspecified atom stereocenters. The van der Waals surface area contributed by atoms with E-state index in [4.69, 9.17) is 14.6 Å². The fourth-order valence-electron chi connectivity index (χ4n) is 1.86. The summed E-state index contributed by atoms with van der Waals surface area (Å²) in [6.45, 7) is 1.30. The highest BCUT2D eigenvalue weighted by molar-refractivity contribution is 5.48. The lowest BCUT2D eigenvalue weighted by molar-refractivity contribution is -0.386. The maximum absolute atomic E-state index is 11.1. The highest BCUT2D eigenvalue weighted by Gasteiger charge is 2.21. The van der Waals surface area contributed by atoms with E-state index in [1.807, 2.05) is 6.07 Å². The van der Waals surface area contributed by atoms with E-state index in [-0.39, 0.29) is 37.9 Å². The third-order valence-corrected chi connectivity index (χ3v) is 3.11. The summed E-state index contributed by atoms with van der Waals surface area (Å²) >= 11 is 0. The molecule has 2 rings (SSSR count). The molecule has 116 valence electrons. The Balaban J connectivity index is 1.90. The van der Waals surface area contributed by atoms with Gasteiger partial charge in [-0.15, -0.1) is 0 Å². The van der Waals surface area contributed by atoms with E-state index in [0.29, 0.717) is 12.6 Å². The first-order chi connectivity index (χ1) is 10.2. The monoisotopic (exact) mass is 296 g/mol. The summed E-state index contributed by atoms with van der Waals surface area (Å²) in [4.78, 5) is 10.7. The molecule has 0 heterocycles. The van der Waals surface area contributed by atoms with Gasteiger partial charge in [-0.3, -0.25) is 10.1 Å². The molecule has 1 fully saturated rings. The first kappa shape index (κ1) is 15.7. The lowest BCUT2D eigenvalue weighted by Crippen LogP contribution is -2.15. The second-order valence-electron chi connectivity index (χ2n) is 4.90. The second kappa shape index (κ2) is 7.92. The zero-order valence-corrected chi connectivity index (χ0v) is 11.8. The second-order valence-corrected chi connectivity index (χ2v) is 4.90. The Morgan fingerprint density at radius 1 is 1.33 bits per heavy atom. The third-order valence-electron chi connectivity index (χ3n) is 3.11. The van der Waals surface area contributed by atoms with Gasteiger partial charge in [0.2, 0.25) is 0 Å². The van der Waals surface area contributed by atoms with Crippen LogP contribution >= 0.6 is 0 Å². The molecule has 0 bridgehead atoms. The predicted molar refractivity (Wildman–Crippen MR) is 76.4 cm³/mol. The molecule has 7 nitrogen and oxygen atoms in total. The van der Waals surface area contributed by atoms with Gasteiger partial charge in [0.15, 0.2) is 5.75 Å². The molecule has 0 radical (unpaired) electrons. The summed E-state index contributed by atoms with van der Waals surface area (Å²) in [5.74, 6) is 0.239. The fraction of sp³-hybridized carbons (Fsp3) is 0.571. The minimum atomic E-state index is -0.440. The van der Waals surface area contributed by atoms with Crippen molar-refractivity contribution in [2.45, 2.75) is 25.4 Å². The molecule has 1 saturated carbocycles. The summed E-state index contributed by atoms with van der Waals surface area (Å²) in [6, 6.07) is 5.54. The summed E-state index contributed by atoms with van der Waals surface area (Å²) < 4.78 is 10.4. The maximum atomic E-state index is 11.1. The summed E-state index contributed by atoms with van der Waals surface area (Å²) in [5, 5.41) is 23.0. The van der Waals surface area contributed by atoms with E-state index in [0.717, 1.165) is 5.56 Å². The summed E-state index contributed by atoms with van der Waals surface area (Å²) in [6.07, 6.45) is 2.36.